The zero-order valence-electron chi connectivity index (χ0n) is 9.47. The summed E-state index contributed by atoms with van der Waals surface area (Å²) < 4.78 is 36.9. The van der Waals surface area contributed by atoms with E-state index in [1.165, 1.54) is 0 Å². The average Bonchev–Trinajstić information content (AvgIpc) is 2.07. The van der Waals surface area contributed by atoms with E-state index in [2.05, 4.69) is 0 Å². The summed E-state index contributed by atoms with van der Waals surface area (Å²) in [6.07, 6.45) is -2.61. The van der Waals surface area contributed by atoms with Crippen LogP contribution in [0.25, 0.3) is 0 Å². The van der Waals surface area contributed by atoms with E-state index in [0.29, 0.717) is 12.8 Å². The highest BCUT2D eigenvalue weighted by molar-refractivity contribution is 5.87. The number of carbonyl (C=O) groups is 1. The monoisotopic (exact) mass is 238 g/mol. The predicted molar refractivity (Wildman–Crippen MR) is 53.7 cm³/mol. The van der Waals surface area contributed by atoms with Crippen molar-refractivity contribution in [2.45, 2.75) is 50.9 Å². The van der Waals surface area contributed by atoms with Gasteiger partial charge in [0.15, 0.2) is 0 Å². The number of amides is 1. The van der Waals surface area contributed by atoms with Gasteiger partial charge in [-0.25, -0.2) is 0 Å². The van der Waals surface area contributed by atoms with Crippen molar-refractivity contribution in [3.63, 3.8) is 0 Å². The molecule has 6 heteroatoms. The van der Waals surface area contributed by atoms with Gasteiger partial charge in [-0.2, -0.15) is 13.2 Å². The van der Waals surface area contributed by atoms with Crippen molar-refractivity contribution in [2.75, 3.05) is 6.54 Å². The molecule has 0 saturated heterocycles. The SMILES string of the molecule is CC(C)N(CC(F)(F)F)C(=O)C1(N)CCC1. The Balaban J connectivity index is 2.74. The number of alkyl halides is 3. The third kappa shape index (κ3) is 2.87. The Morgan fingerprint density at radius 2 is 1.94 bits per heavy atom. The van der Waals surface area contributed by atoms with Crippen molar-refractivity contribution in [1.29, 1.82) is 0 Å². The van der Waals surface area contributed by atoms with Crippen LogP contribution in [0.2, 0.25) is 0 Å². The Bertz CT molecular complexity index is 272. The molecule has 0 aliphatic heterocycles. The number of hydrogen-bond donors (Lipinski definition) is 1. The third-order valence-electron chi connectivity index (χ3n) is 2.91. The Morgan fingerprint density at radius 1 is 1.44 bits per heavy atom. The molecule has 1 rings (SSSR count). The van der Waals surface area contributed by atoms with Gasteiger partial charge in [-0.3, -0.25) is 4.79 Å². The zero-order chi connectivity index (χ0) is 12.6. The molecule has 1 amide bonds. The molecule has 94 valence electrons. The topological polar surface area (TPSA) is 46.3 Å². The smallest absolute Gasteiger partial charge is 0.330 e. The molecule has 2 N–H and O–H groups in total. The minimum absolute atomic E-state index is 0.479. The van der Waals surface area contributed by atoms with E-state index in [1.807, 2.05) is 0 Å². The third-order valence-corrected chi connectivity index (χ3v) is 2.91. The van der Waals surface area contributed by atoms with Crippen LogP contribution in [-0.2, 0) is 4.79 Å². The first-order valence-electron chi connectivity index (χ1n) is 5.32. The molecule has 0 bridgehead atoms. The summed E-state index contributed by atoms with van der Waals surface area (Å²) in [7, 11) is 0. The second kappa shape index (κ2) is 4.24. The molecule has 1 fully saturated rings. The fourth-order valence-corrected chi connectivity index (χ4v) is 1.74. The van der Waals surface area contributed by atoms with Crippen molar-refractivity contribution in [3.8, 4) is 0 Å². The van der Waals surface area contributed by atoms with E-state index in [-0.39, 0.29) is 0 Å². The lowest BCUT2D eigenvalue weighted by Crippen LogP contribution is -2.62. The lowest BCUT2D eigenvalue weighted by atomic mass is 9.76. The molecule has 0 aromatic rings. The van der Waals surface area contributed by atoms with Crippen LogP contribution >= 0.6 is 0 Å². The summed E-state index contributed by atoms with van der Waals surface area (Å²) in [4.78, 5) is 12.7. The van der Waals surface area contributed by atoms with Gasteiger partial charge in [0.1, 0.15) is 6.54 Å². The van der Waals surface area contributed by atoms with Gasteiger partial charge in [0.25, 0.3) is 0 Å². The summed E-state index contributed by atoms with van der Waals surface area (Å²) in [5.74, 6) is -0.578. The summed E-state index contributed by atoms with van der Waals surface area (Å²) in [6, 6.07) is -0.491. The summed E-state index contributed by atoms with van der Waals surface area (Å²) in [5, 5.41) is 0. The van der Waals surface area contributed by atoms with Gasteiger partial charge < -0.3 is 10.6 Å². The van der Waals surface area contributed by atoms with Crippen LogP contribution in [0.1, 0.15) is 33.1 Å². The average molecular weight is 238 g/mol. The lowest BCUT2D eigenvalue weighted by molar-refractivity contribution is -0.169. The maximum absolute atomic E-state index is 12.3. The van der Waals surface area contributed by atoms with Crippen LogP contribution in [0.15, 0.2) is 0 Å². The Morgan fingerprint density at radius 3 is 2.19 bits per heavy atom. The van der Waals surface area contributed by atoms with Gasteiger partial charge in [-0.1, -0.05) is 0 Å². The van der Waals surface area contributed by atoms with Crippen LogP contribution in [0.4, 0.5) is 13.2 Å². The van der Waals surface area contributed by atoms with E-state index in [9.17, 15) is 18.0 Å². The van der Waals surface area contributed by atoms with Crippen LogP contribution in [0, 0.1) is 0 Å². The maximum Gasteiger partial charge on any atom is 0.406 e. The highest BCUT2D eigenvalue weighted by Crippen LogP contribution is 2.32. The van der Waals surface area contributed by atoms with Crippen LogP contribution < -0.4 is 5.73 Å². The van der Waals surface area contributed by atoms with Crippen LogP contribution in [0.3, 0.4) is 0 Å². The van der Waals surface area contributed by atoms with Crippen molar-refractivity contribution in [1.82, 2.24) is 4.90 Å². The second-order valence-corrected chi connectivity index (χ2v) is 4.65. The predicted octanol–water partition coefficient (Wildman–Crippen LogP) is 1.67. The molecule has 16 heavy (non-hydrogen) atoms. The molecular formula is C10H17F3N2O. The Labute approximate surface area is 92.8 Å². The number of rotatable bonds is 3. The first kappa shape index (κ1) is 13.3. The summed E-state index contributed by atoms with van der Waals surface area (Å²) >= 11 is 0. The van der Waals surface area contributed by atoms with Crippen molar-refractivity contribution in [3.05, 3.63) is 0 Å². The first-order valence-corrected chi connectivity index (χ1v) is 5.32. The fraction of sp³-hybridized carbons (Fsp3) is 0.900. The molecule has 1 aliphatic carbocycles. The van der Waals surface area contributed by atoms with Crippen molar-refractivity contribution < 1.29 is 18.0 Å². The molecule has 0 aromatic carbocycles. The van der Waals surface area contributed by atoms with E-state index in [0.717, 1.165) is 11.3 Å². The number of halogens is 3. The molecule has 0 aromatic heterocycles. The number of nitrogens with zero attached hydrogens (tertiary/aromatic N) is 1. The van der Waals surface area contributed by atoms with E-state index < -0.39 is 30.2 Å². The molecule has 3 nitrogen and oxygen atoms in total. The summed E-state index contributed by atoms with van der Waals surface area (Å²) in [5.41, 5.74) is 4.69. The second-order valence-electron chi connectivity index (χ2n) is 4.65. The minimum atomic E-state index is -4.37. The molecular weight excluding hydrogens is 221 g/mol. The van der Waals surface area contributed by atoms with Gasteiger partial charge in [0.05, 0.1) is 5.54 Å². The van der Waals surface area contributed by atoms with Crippen molar-refractivity contribution >= 4 is 5.91 Å². The molecule has 0 unspecified atom stereocenters. The molecule has 0 heterocycles. The van der Waals surface area contributed by atoms with Gasteiger partial charge in [0, 0.05) is 6.04 Å². The zero-order valence-corrected chi connectivity index (χ0v) is 9.47. The molecule has 0 radical (unpaired) electrons. The maximum atomic E-state index is 12.3. The normalized spacial score (nSPS) is 19.4. The fourth-order valence-electron chi connectivity index (χ4n) is 1.74. The summed E-state index contributed by atoms with van der Waals surface area (Å²) in [6.45, 7) is 1.90. The molecule has 0 atom stereocenters. The molecule has 1 saturated carbocycles. The quantitative estimate of drug-likeness (QED) is 0.813. The Hall–Kier alpha value is -0.780. The van der Waals surface area contributed by atoms with Gasteiger partial charge >= 0.3 is 6.18 Å². The minimum Gasteiger partial charge on any atom is -0.330 e. The van der Waals surface area contributed by atoms with Gasteiger partial charge in [-0.05, 0) is 33.1 Å². The van der Waals surface area contributed by atoms with E-state index in [1.54, 1.807) is 13.8 Å². The van der Waals surface area contributed by atoms with E-state index in [4.69, 9.17) is 5.73 Å². The highest BCUT2D eigenvalue weighted by Gasteiger charge is 2.45. The van der Waals surface area contributed by atoms with Gasteiger partial charge in [0.2, 0.25) is 5.91 Å². The van der Waals surface area contributed by atoms with Crippen LogP contribution in [0.5, 0.6) is 0 Å². The highest BCUT2D eigenvalue weighted by atomic mass is 19.4. The Kier molecular flexibility index (Phi) is 3.52. The number of carbonyl (C=O) groups excluding carboxylic acids is 1. The van der Waals surface area contributed by atoms with Crippen molar-refractivity contribution in [2.24, 2.45) is 5.73 Å². The number of hydrogen-bond acceptors (Lipinski definition) is 2. The number of nitrogens with two attached hydrogens (primary N) is 1. The van der Waals surface area contributed by atoms with Gasteiger partial charge in [-0.15, -0.1) is 0 Å². The first-order chi connectivity index (χ1) is 7.16. The standard InChI is InChI=1S/C10H17F3N2O/c1-7(2)15(6-10(11,12)13)8(16)9(14)4-3-5-9/h7H,3-6,14H2,1-2H3. The van der Waals surface area contributed by atoms with E-state index >= 15 is 0 Å². The van der Waals surface area contributed by atoms with Crippen LogP contribution in [-0.4, -0.2) is 35.1 Å². The molecule has 0 spiro atoms. The largest absolute Gasteiger partial charge is 0.406 e. The molecule has 1 aliphatic rings. The lowest BCUT2D eigenvalue weighted by Gasteiger charge is -2.42.